The van der Waals surface area contributed by atoms with Gasteiger partial charge in [0.1, 0.15) is 0 Å². The number of nitrogens with one attached hydrogen (secondary N) is 4. The van der Waals surface area contributed by atoms with Gasteiger partial charge in [0.25, 0.3) is 15.9 Å². The molecule has 0 unspecified atom stereocenters. The number of H-pyrrole nitrogens is 2. The number of aromatic nitrogens is 3. The number of amides is 1. The van der Waals surface area contributed by atoms with Crippen LogP contribution in [0.4, 0.5) is 10.8 Å². The monoisotopic (exact) mass is 443 g/mol. The van der Waals surface area contributed by atoms with Crippen molar-refractivity contribution in [1.29, 1.82) is 0 Å². The van der Waals surface area contributed by atoms with E-state index < -0.39 is 27.0 Å². The maximum atomic E-state index is 12.5. The van der Waals surface area contributed by atoms with Crippen molar-refractivity contribution in [3.63, 3.8) is 0 Å². The number of benzene rings is 2. The van der Waals surface area contributed by atoms with E-state index in [0.29, 0.717) is 16.7 Å². The third kappa shape index (κ3) is 3.99. The number of thiazole rings is 1. The van der Waals surface area contributed by atoms with E-state index in [4.69, 9.17) is 0 Å². The summed E-state index contributed by atoms with van der Waals surface area (Å²) in [5, 5.41) is 4.55. The van der Waals surface area contributed by atoms with E-state index in [1.165, 1.54) is 48.7 Å². The molecule has 4 aromatic rings. The molecule has 152 valence electrons. The molecule has 0 aliphatic heterocycles. The van der Waals surface area contributed by atoms with Gasteiger partial charge < -0.3 is 15.3 Å². The number of aromatic amines is 2. The summed E-state index contributed by atoms with van der Waals surface area (Å²) in [5.41, 5.74) is -0.279. The van der Waals surface area contributed by atoms with Crippen LogP contribution in [0.5, 0.6) is 0 Å². The molecular weight excluding hydrogens is 430 g/mol. The molecule has 0 bridgehead atoms. The van der Waals surface area contributed by atoms with Gasteiger partial charge in [0, 0.05) is 22.8 Å². The Morgan fingerprint density at radius 1 is 0.967 bits per heavy atom. The van der Waals surface area contributed by atoms with E-state index in [9.17, 15) is 22.8 Å². The Morgan fingerprint density at radius 2 is 1.67 bits per heavy atom. The van der Waals surface area contributed by atoms with Crippen molar-refractivity contribution in [2.45, 2.75) is 4.90 Å². The number of hydrogen-bond acceptors (Lipinski definition) is 7. The fourth-order valence-corrected chi connectivity index (χ4v) is 4.41. The summed E-state index contributed by atoms with van der Waals surface area (Å²) in [6.45, 7) is 0. The van der Waals surface area contributed by atoms with Gasteiger partial charge >= 0.3 is 11.1 Å². The van der Waals surface area contributed by atoms with Crippen LogP contribution in [-0.2, 0) is 10.0 Å². The lowest BCUT2D eigenvalue weighted by Gasteiger charge is -2.08. The second-order valence-electron chi connectivity index (χ2n) is 6.09. The molecule has 0 saturated carbocycles. The van der Waals surface area contributed by atoms with Gasteiger partial charge in [0.2, 0.25) is 0 Å². The molecule has 0 atom stereocenters. The minimum absolute atomic E-state index is 0.0166. The Hall–Kier alpha value is -3.77. The maximum Gasteiger partial charge on any atom is 0.314 e. The first-order valence-corrected chi connectivity index (χ1v) is 10.8. The summed E-state index contributed by atoms with van der Waals surface area (Å²) in [7, 11) is -3.79. The zero-order chi connectivity index (χ0) is 21.3. The van der Waals surface area contributed by atoms with Crippen molar-refractivity contribution in [2.24, 2.45) is 0 Å². The molecule has 0 saturated heterocycles. The van der Waals surface area contributed by atoms with Crippen LogP contribution in [0.1, 0.15) is 10.4 Å². The molecule has 2 aromatic heterocycles. The molecule has 0 spiro atoms. The average Bonchev–Trinajstić information content (AvgIpc) is 3.21. The van der Waals surface area contributed by atoms with Gasteiger partial charge in [0.05, 0.1) is 15.9 Å². The van der Waals surface area contributed by atoms with Crippen LogP contribution in [0, 0.1) is 0 Å². The van der Waals surface area contributed by atoms with E-state index in [0.717, 1.165) is 11.3 Å². The molecule has 0 aliphatic carbocycles. The first-order chi connectivity index (χ1) is 14.3. The smallest absolute Gasteiger partial charge is 0.314 e. The zero-order valence-electron chi connectivity index (χ0n) is 15.0. The maximum absolute atomic E-state index is 12.5. The van der Waals surface area contributed by atoms with E-state index in [1.54, 1.807) is 5.38 Å². The van der Waals surface area contributed by atoms with E-state index in [1.807, 2.05) is 0 Å². The van der Waals surface area contributed by atoms with Crippen LogP contribution < -0.4 is 21.2 Å². The number of fused-ring (bicyclic) bond motifs is 1. The summed E-state index contributed by atoms with van der Waals surface area (Å²) in [5.74, 6) is -0.472. The molecule has 1 amide bonds. The number of carbonyl (C=O) groups is 1. The number of hydrogen-bond donors (Lipinski definition) is 4. The summed E-state index contributed by atoms with van der Waals surface area (Å²) < 4.78 is 27.1. The van der Waals surface area contributed by atoms with Crippen LogP contribution in [0.3, 0.4) is 0 Å². The number of rotatable bonds is 5. The lowest BCUT2D eigenvalue weighted by atomic mass is 10.1. The van der Waals surface area contributed by atoms with Gasteiger partial charge in [-0.15, -0.1) is 11.3 Å². The van der Waals surface area contributed by atoms with Crippen molar-refractivity contribution in [3.05, 3.63) is 80.3 Å². The minimum Gasteiger partial charge on any atom is -0.322 e. The minimum atomic E-state index is -3.79. The summed E-state index contributed by atoms with van der Waals surface area (Å²) >= 11 is 1.16. The SMILES string of the molecule is O=C(Nc1ccc(S(=O)(=O)Nc2nccs2)cc1)c1ccc2[nH]c(=O)c(=O)[nH]c2c1. The zero-order valence-corrected chi connectivity index (χ0v) is 16.6. The molecule has 12 heteroatoms. The standard InChI is InChI=1S/C18H13N5O5S2/c24-15(10-1-6-13-14(9-10)22-17(26)16(25)21-13)20-11-2-4-12(5-3-11)30(27,28)23-18-19-7-8-29-18/h1-9H,(H,19,23)(H,20,24)(H,21,25)(H,22,26). The number of carbonyl (C=O) groups excluding carboxylic acids is 1. The molecule has 10 nitrogen and oxygen atoms in total. The molecule has 4 rings (SSSR count). The Morgan fingerprint density at radius 3 is 2.33 bits per heavy atom. The Balaban J connectivity index is 1.52. The van der Waals surface area contributed by atoms with E-state index >= 15 is 0 Å². The molecule has 0 fully saturated rings. The molecule has 2 heterocycles. The highest BCUT2D eigenvalue weighted by molar-refractivity contribution is 7.93. The molecule has 4 N–H and O–H groups in total. The fraction of sp³-hybridized carbons (Fsp3) is 0. The summed E-state index contributed by atoms with van der Waals surface area (Å²) in [4.78, 5) is 44.0. The van der Waals surface area contributed by atoms with Crippen LogP contribution in [0.25, 0.3) is 11.0 Å². The summed E-state index contributed by atoms with van der Waals surface area (Å²) in [6, 6.07) is 10.0. The Kier molecular flexibility index (Phi) is 4.93. The van der Waals surface area contributed by atoms with Gasteiger partial charge in [0.15, 0.2) is 5.13 Å². The van der Waals surface area contributed by atoms with Crippen molar-refractivity contribution < 1.29 is 13.2 Å². The first-order valence-electron chi connectivity index (χ1n) is 8.42. The highest BCUT2D eigenvalue weighted by Gasteiger charge is 2.16. The fourth-order valence-electron chi connectivity index (χ4n) is 2.62. The van der Waals surface area contributed by atoms with E-state index in [2.05, 4.69) is 25.0 Å². The predicted octanol–water partition coefficient (Wildman–Crippen LogP) is 1.73. The van der Waals surface area contributed by atoms with E-state index in [-0.39, 0.29) is 15.6 Å². The van der Waals surface area contributed by atoms with Gasteiger partial charge in [-0.1, -0.05) is 0 Å². The molecule has 30 heavy (non-hydrogen) atoms. The third-order valence-electron chi connectivity index (χ3n) is 4.06. The quantitative estimate of drug-likeness (QED) is 0.345. The predicted molar refractivity (Wildman–Crippen MR) is 113 cm³/mol. The lowest BCUT2D eigenvalue weighted by molar-refractivity contribution is 0.102. The molecule has 0 radical (unpaired) electrons. The normalized spacial score (nSPS) is 11.3. The third-order valence-corrected chi connectivity index (χ3v) is 6.23. The molecule has 2 aromatic carbocycles. The van der Waals surface area contributed by atoms with Crippen LogP contribution in [-0.4, -0.2) is 29.3 Å². The largest absolute Gasteiger partial charge is 0.322 e. The van der Waals surface area contributed by atoms with Gasteiger partial charge in [-0.2, -0.15) is 0 Å². The average molecular weight is 443 g/mol. The number of sulfonamides is 1. The van der Waals surface area contributed by atoms with Gasteiger partial charge in [-0.25, -0.2) is 13.4 Å². The molecule has 0 aliphatic rings. The number of nitrogens with zero attached hydrogens (tertiary/aromatic N) is 1. The van der Waals surface area contributed by atoms with Crippen LogP contribution in [0.2, 0.25) is 0 Å². The lowest BCUT2D eigenvalue weighted by Crippen LogP contribution is -2.29. The van der Waals surface area contributed by atoms with Gasteiger partial charge in [-0.3, -0.25) is 19.1 Å². The van der Waals surface area contributed by atoms with Crippen molar-refractivity contribution >= 4 is 49.1 Å². The first kappa shape index (κ1) is 19.5. The topological polar surface area (TPSA) is 154 Å². The Bertz CT molecular complexity index is 1460. The second-order valence-corrected chi connectivity index (χ2v) is 8.67. The summed E-state index contributed by atoms with van der Waals surface area (Å²) in [6.07, 6.45) is 1.49. The molecular formula is C18H13N5O5S2. The van der Waals surface area contributed by atoms with Crippen LogP contribution in [0.15, 0.2) is 68.5 Å². The Labute approximate surface area is 172 Å². The second kappa shape index (κ2) is 7.57. The van der Waals surface area contributed by atoms with Crippen molar-refractivity contribution in [1.82, 2.24) is 15.0 Å². The van der Waals surface area contributed by atoms with Crippen LogP contribution >= 0.6 is 11.3 Å². The van der Waals surface area contributed by atoms with Crippen molar-refractivity contribution in [3.8, 4) is 0 Å². The highest BCUT2D eigenvalue weighted by atomic mass is 32.2. The number of anilines is 2. The van der Waals surface area contributed by atoms with Crippen molar-refractivity contribution in [2.75, 3.05) is 10.0 Å². The highest BCUT2D eigenvalue weighted by Crippen LogP contribution is 2.20. The van der Waals surface area contributed by atoms with Gasteiger partial charge in [-0.05, 0) is 42.5 Å².